The van der Waals surface area contributed by atoms with Gasteiger partial charge in [0.2, 0.25) is 5.91 Å². The van der Waals surface area contributed by atoms with Crippen molar-refractivity contribution in [2.24, 2.45) is 5.92 Å². The Balaban J connectivity index is 1.18. The Morgan fingerprint density at radius 3 is 2.54 bits per heavy atom. The number of rotatable bonds is 4. The van der Waals surface area contributed by atoms with Gasteiger partial charge in [-0.05, 0) is 61.2 Å². The smallest absolute Gasteiger partial charge is 0.274 e. The van der Waals surface area contributed by atoms with Crippen LogP contribution in [0.2, 0.25) is 0 Å². The number of benzene rings is 2. The van der Waals surface area contributed by atoms with Crippen molar-refractivity contribution in [2.45, 2.75) is 39.0 Å². The molecule has 1 saturated heterocycles. The van der Waals surface area contributed by atoms with E-state index >= 15 is 0 Å². The first-order chi connectivity index (χ1) is 16.9. The number of nitrogens with zero attached hydrogens (tertiary/aromatic N) is 3. The van der Waals surface area contributed by atoms with Crippen molar-refractivity contribution < 1.29 is 23.1 Å². The predicted molar refractivity (Wildman–Crippen MR) is 125 cm³/mol. The lowest BCUT2D eigenvalue weighted by molar-refractivity contribution is -0.121. The number of fused-ring (bicyclic) bond motifs is 1. The lowest BCUT2D eigenvalue weighted by Crippen LogP contribution is -2.42. The first-order valence-electron chi connectivity index (χ1n) is 11.7. The number of amides is 2. The molecule has 1 N–H and O–H groups in total. The van der Waals surface area contributed by atoms with Crippen molar-refractivity contribution in [3.8, 4) is 0 Å². The summed E-state index contributed by atoms with van der Waals surface area (Å²) in [6.45, 7) is 3.28. The molecule has 0 saturated carbocycles. The van der Waals surface area contributed by atoms with Crippen molar-refractivity contribution in [1.29, 1.82) is 0 Å². The molecule has 5 rings (SSSR count). The summed E-state index contributed by atoms with van der Waals surface area (Å²) in [5, 5.41) is 2.85. The van der Waals surface area contributed by atoms with Gasteiger partial charge in [0.25, 0.3) is 5.91 Å². The molecule has 2 aliphatic heterocycles. The molecule has 35 heavy (non-hydrogen) atoms. The second-order valence-electron chi connectivity index (χ2n) is 9.06. The van der Waals surface area contributed by atoms with E-state index < -0.39 is 0 Å². The average Bonchev–Trinajstić information content (AvgIpc) is 3.29. The summed E-state index contributed by atoms with van der Waals surface area (Å²) < 4.78 is 34.6. The number of anilines is 1. The number of carbonyl (C=O) groups is 2. The van der Waals surface area contributed by atoms with E-state index in [9.17, 15) is 18.4 Å². The van der Waals surface area contributed by atoms with Crippen LogP contribution < -0.4 is 5.32 Å². The van der Waals surface area contributed by atoms with Gasteiger partial charge in [-0.25, -0.2) is 13.8 Å². The molecule has 9 heteroatoms. The second kappa shape index (κ2) is 9.58. The number of ether oxygens (including phenoxy) is 1. The second-order valence-corrected chi connectivity index (χ2v) is 9.06. The number of halogens is 2. The molecule has 182 valence electrons. The van der Waals surface area contributed by atoms with Crippen LogP contribution in [0.3, 0.4) is 0 Å². The maximum Gasteiger partial charge on any atom is 0.274 e. The lowest BCUT2D eigenvalue weighted by atomic mass is 9.95. The molecule has 0 unspecified atom stereocenters. The molecule has 1 atom stereocenters. The highest BCUT2D eigenvalue weighted by Gasteiger charge is 2.32. The minimum atomic E-state index is -0.312. The highest BCUT2D eigenvalue weighted by atomic mass is 19.1. The number of likely N-dealkylation sites (tertiary alicyclic amines) is 1. The van der Waals surface area contributed by atoms with Gasteiger partial charge < -0.3 is 19.5 Å². The van der Waals surface area contributed by atoms with Crippen LogP contribution in [-0.4, -0.2) is 39.4 Å². The molecule has 2 amide bonds. The Hall–Kier alpha value is -3.59. The molecule has 2 aliphatic rings. The van der Waals surface area contributed by atoms with Crippen molar-refractivity contribution in [1.82, 2.24) is 14.5 Å². The van der Waals surface area contributed by atoms with Crippen LogP contribution in [-0.2, 0) is 22.7 Å². The Labute approximate surface area is 201 Å². The van der Waals surface area contributed by atoms with Crippen LogP contribution in [0.4, 0.5) is 14.5 Å². The quantitative estimate of drug-likeness (QED) is 0.606. The van der Waals surface area contributed by atoms with E-state index in [2.05, 4.69) is 10.3 Å². The van der Waals surface area contributed by atoms with Gasteiger partial charge in [-0.1, -0.05) is 12.1 Å². The number of aryl methyl sites for hydroxylation is 1. The molecule has 1 fully saturated rings. The fourth-order valence-electron chi connectivity index (χ4n) is 4.65. The molecule has 0 spiro atoms. The lowest BCUT2D eigenvalue weighted by Gasteiger charge is -2.31. The SMILES string of the molecule is Cc1cc(NC(=O)C2CCN(C(=O)c3ncn4c3CO[C@@H](c3ccc(F)cc3)C4)CC2)ccc1F. The predicted octanol–water partition coefficient (Wildman–Crippen LogP) is 4.23. The third-order valence-electron chi connectivity index (χ3n) is 6.75. The van der Waals surface area contributed by atoms with Crippen LogP contribution in [0.5, 0.6) is 0 Å². The van der Waals surface area contributed by atoms with Crippen LogP contribution >= 0.6 is 0 Å². The minimum absolute atomic E-state index is 0.122. The van der Waals surface area contributed by atoms with Crippen molar-refractivity contribution in [3.05, 3.63) is 82.9 Å². The molecule has 2 aromatic carbocycles. The zero-order valence-corrected chi connectivity index (χ0v) is 19.3. The van der Waals surface area contributed by atoms with E-state index in [-0.39, 0.29) is 42.1 Å². The normalized spacial score (nSPS) is 18.3. The van der Waals surface area contributed by atoms with E-state index in [1.807, 2.05) is 4.57 Å². The zero-order chi connectivity index (χ0) is 24.5. The Bertz CT molecular complexity index is 1250. The molecule has 3 heterocycles. The van der Waals surface area contributed by atoms with Gasteiger partial charge in [0.05, 0.1) is 25.2 Å². The Kier molecular flexibility index (Phi) is 6.34. The zero-order valence-electron chi connectivity index (χ0n) is 19.3. The third-order valence-corrected chi connectivity index (χ3v) is 6.75. The van der Waals surface area contributed by atoms with Gasteiger partial charge in [0, 0.05) is 24.7 Å². The number of aromatic nitrogens is 2. The number of hydrogen-bond donors (Lipinski definition) is 1. The molecular weight excluding hydrogens is 454 g/mol. The van der Waals surface area contributed by atoms with Crippen LogP contribution in [0, 0.1) is 24.5 Å². The Morgan fingerprint density at radius 2 is 1.83 bits per heavy atom. The molecule has 0 bridgehead atoms. The van der Waals surface area contributed by atoms with E-state index in [1.165, 1.54) is 18.2 Å². The van der Waals surface area contributed by atoms with Crippen molar-refractivity contribution in [3.63, 3.8) is 0 Å². The molecule has 1 aromatic heterocycles. The number of nitrogens with one attached hydrogen (secondary N) is 1. The van der Waals surface area contributed by atoms with E-state index in [0.717, 1.165) is 11.3 Å². The molecular formula is C26H26F2N4O3. The Morgan fingerprint density at radius 1 is 1.09 bits per heavy atom. The maximum atomic E-state index is 13.5. The topological polar surface area (TPSA) is 76.5 Å². The summed E-state index contributed by atoms with van der Waals surface area (Å²) in [6.07, 6.45) is 2.49. The highest BCUT2D eigenvalue weighted by Crippen LogP contribution is 2.29. The number of imidazole rings is 1. The van der Waals surface area contributed by atoms with Crippen LogP contribution in [0.25, 0.3) is 0 Å². The summed E-state index contributed by atoms with van der Waals surface area (Å²) in [5.74, 6) is -1.13. The minimum Gasteiger partial charge on any atom is -0.365 e. The summed E-state index contributed by atoms with van der Waals surface area (Å²) in [7, 11) is 0. The molecule has 7 nitrogen and oxygen atoms in total. The monoisotopic (exact) mass is 480 g/mol. The van der Waals surface area contributed by atoms with Crippen LogP contribution in [0.15, 0.2) is 48.8 Å². The van der Waals surface area contributed by atoms with E-state index in [4.69, 9.17) is 4.74 Å². The van der Waals surface area contributed by atoms with Gasteiger partial charge in [0.15, 0.2) is 5.69 Å². The summed E-state index contributed by atoms with van der Waals surface area (Å²) in [4.78, 5) is 31.9. The maximum absolute atomic E-state index is 13.5. The average molecular weight is 481 g/mol. The van der Waals surface area contributed by atoms with Gasteiger partial charge in [-0.15, -0.1) is 0 Å². The van der Waals surface area contributed by atoms with E-state index in [1.54, 1.807) is 42.4 Å². The molecule has 0 radical (unpaired) electrons. The number of carbonyl (C=O) groups excluding carboxylic acids is 2. The first kappa shape index (κ1) is 23.2. The standard InChI is InChI=1S/C26H26F2N4O3/c1-16-12-20(6-7-21(16)28)30-25(33)18-8-10-31(11-9-18)26(34)24-22-14-35-23(13-32(22)15-29-24)17-2-4-19(27)5-3-17/h2-7,12,15,18,23H,8-11,13-14H2,1H3,(H,30,33)/t23-/m1/s1. The summed E-state index contributed by atoms with van der Waals surface area (Å²) in [5.41, 5.74) is 3.00. The van der Waals surface area contributed by atoms with Gasteiger partial charge in [-0.3, -0.25) is 9.59 Å². The van der Waals surface area contributed by atoms with Crippen molar-refractivity contribution >= 4 is 17.5 Å². The first-order valence-corrected chi connectivity index (χ1v) is 11.7. The largest absolute Gasteiger partial charge is 0.365 e. The van der Waals surface area contributed by atoms with Gasteiger partial charge in [0.1, 0.15) is 17.7 Å². The summed E-state index contributed by atoms with van der Waals surface area (Å²) in [6, 6.07) is 10.7. The summed E-state index contributed by atoms with van der Waals surface area (Å²) >= 11 is 0. The number of piperidine rings is 1. The fraction of sp³-hybridized carbons (Fsp3) is 0.346. The van der Waals surface area contributed by atoms with E-state index in [0.29, 0.717) is 49.4 Å². The molecule has 3 aromatic rings. The fourth-order valence-corrected chi connectivity index (χ4v) is 4.65. The third kappa shape index (κ3) is 4.81. The number of hydrogen-bond acceptors (Lipinski definition) is 4. The van der Waals surface area contributed by atoms with Crippen molar-refractivity contribution in [2.75, 3.05) is 18.4 Å². The highest BCUT2D eigenvalue weighted by molar-refractivity contribution is 5.95. The van der Waals surface area contributed by atoms with Crippen LogP contribution in [0.1, 0.15) is 46.3 Å². The van der Waals surface area contributed by atoms with Gasteiger partial charge in [-0.2, -0.15) is 0 Å². The molecule has 0 aliphatic carbocycles. The van der Waals surface area contributed by atoms with Gasteiger partial charge >= 0.3 is 0 Å².